The maximum absolute atomic E-state index is 13.6. The Morgan fingerprint density at radius 3 is 2.55 bits per heavy atom. The number of quaternary nitrogens is 1. The van der Waals surface area contributed by atoms with Gasteiger partial charge in [0.2, 0.25) is 17.7 Å². The molecule has 4 N–H and O–H groups in total. The lowest BCUT2D eigenvalue weighted by Gasteiger charge is -2.40. The minimum Gasteiger partial charge on any atom is -0.489 e. The molecule has 3 amide bonds. The van der Waals surface area contributed by atoms with Crippen LogP contribution in [0.4, 0.5) is 17.2 Å². The van der Waals surface area contributed by atoms with E-state index in [1.54, 1.807) is 52.3 Å². The number of ether oxygens (including phenoxy) is 4. The highest BCUT2D eigenvalue weighted by molar-refractivity contribution is 6.02. The van der Waals surface area contributed by atoms with Gasteiger partial charge in [0.05, 0.1) is 55.8 Å². The molecule has 336 valence electrons. The van der Waals surface area contributed by atoms with Crippen LogP contribution in [0, 0.1) is 5.92 Å². The number of aromatic nitrogens is 4. The average molecular weight is 878 g/mol. The fourth-order valence-electron chi connectivity index (χ4n) is 9.53. The van der Waals surface area contributed by atoms with E-state index >= 15 is 0 Å². The summed E-state index contributed by atoms with van der Waals surface area (Å²) in [6, 6.07) is 14.3. The van der Waals surface area contributed by atoms with Gasteiger partial charge < -0.3 is 39.4 Å². The van der Waals surface area contributed by atoms with Gasteiger partial charge in [-0.25, -0.2) is 14.3 Å². The molecular formula is C45H53N10O9+. The van der Waals surface area contributed by atoms with Crippen LogP contribution in [0.15, 0.2) is 60.9 Å². The number of rotatable bonds is 12. The molecule has 4 fully saturated rings. The molecule has 1 unspecified atom stereocenters. The lowest BCUT2D eigenvalue weighted by molar-refractivity contribution is -0.900. The molecule has 0 bridgehead atoms. The van der Waals surface area contributed by atoms with Crippen LogP contribution in [-0.2, 0) is 33.4 Å². The second-order valence-corrected chi connectivity index (χ2v) is 17.0. The first kappa shape index (κ1) is 42.8. The van der Waals surface area contributed by atoms with Crippen molar-refractivity contribution in [3.8, 4) is 28.4 Å². The van der Waals surface area contributed by atoms with Gasteiger partial charge in [-0.2, -0.15) is 5.10 Å². The van der Waals surface area contributed by atoms with E-state index in [1.165, 1.54) is 5.56 Å². The van der Waals surface area contributed by atoms with E-state index in [2.05, 4.69) is 36.5 Å². The number of para-hydroxylation sites is 2. The molecule has 1 saturated carbocycles. The van der Waals surface area contributed by atoms with Gasteiger partial charge in [-0.05, 0) is 73.8 Å². The molecule has 64 heavy (non-hydrogen) atoms. The van der Waals surface area contributed by atoms with Crippen molar-refractivity contribution in [2.24, 2.45) is 5.92 Å². The van der Waals surface area contributed by atoms with Gasteiger partial charge >= 0.3 is 11.9 Å². The van der Waals surface area contributed by atoms with Crippen molar-refractivity contribution < 1.29 is 47.8 Å². The number of esters is 2. The van der Waals surface area contributed by atoms with E-state index in [4.69, 9.17) is 24.7 Å². The standard InChI is InChI=1S/C45H52N10O9/c46-44-37(22-34(49-50-44)33-4-1-2-7-38(33)64-42(59)28-63-41(58)27-51-16-19-61-20-17-51)55-25-31(23-47-55)53-15-14-52(26-40(53)57)24-29-8-10-30(11-9-29)32-5-3-6-35-43(32)62-21-18-54(35)36-12-13-39(56)48-45(36)60/h1-7,22-23,25,29-30,36H,8-21,24,26-28H2,(H2,46,50)(H,48,56,60)/p+1. The Morgan fingerprint density at radius 1 is 0.906 bits per heavy atom. The number of amides is 3. The van der Waals surface area contributed by atoms with Crippen LogP contribution in [0.3, 0.4) is 0 Å². The van der Waals surface area contributed by atoms with Crippen molar-refractivity contribution in [1.29, 1.82) is 0 Å². The lowest BCUT2D eigenvalue weighted by atomic mass is 9.78. The average Bonchev–Trinajstić information content (AvgIpc) is 3.79. The Bertz CT molecular complexity index is 2400. The molecule has 1 atom stereocenters. The second kappa shape index (κ2) is 19.1. The highest BCUT2D eigenvalue weighted by Crippen LogP contribution is 2.45. The summed E-state index contributed by atoms with van der Waals surface area (Å²) in [5, 5.41) is 15.5. The van der Waals surface area contributed by atoms with Crippen LogP contribution in [0.1, 0.15) is 50.0 Å². The maximum atomic E-state index is 13.6. The van der Waals surface area contributed by atoms with Gasteiger partial charge in [-0.3, -0.25) is 24.6 Å². The number of piperidine rings is 1. The largest absolute Gasteiger partial charge is 0.489 e. The fraction of sp³-hybridized carbons (Fsp3) is 0.467. The summed E-state index contributed by atoms with van der Waals surface area (Å²) >= 11 is 0. The molecule has 1 aliphatic carbocycles. The number of carbonyl (C=O) groups is 5. The molecule has 2 aromatic heterocycles. The Morgan fingerprint density at radius 2 is 1.73 bits per heavy atom. The lowest BCUT2D eigenvalue weighted by Crippen LogP contribution is -3.15. The zero-order valence-corrected chi connectivity index (χ0v) is 35.6. The van der Waals surface area contributed by atoms with Crippen molar-refractivity contribution in [2.75, 3.05) is 94.3 Å². The number of morpholine rings is 1. The fourth-order valence-corrected chi connectivity index (χ4v) is 9.53. The first-order chi connectivity index (χ1) is 31.2. The topological polar surface area (TPSA) is 218 Å². The molecule has 4 aliphatic heterocycles. The number of nitrogens with two attached hydrogens (primary N) is 1. The van der Waals surface area contributed by atoms with Gasteiger partial charge in [-0.1, -0.05) is 24.3 Å². The molecule has 5 aliphatic rings. The summed E-state index contributed by atoms with van der Waals surface area (Å²) in [7, 11) is 0. The smallest absolute Gasteiger partial charge is 0.362 e. The number of nitrogens with one attached hydrogen (secondary N) is 2. The number of imide groups is 1. The molecule has 9 rings (SSSR count). The van der Waals surface area contributed by atoms with Crippen molar-refractivity contribution >= 4 is 46.9 Å². The van der Waals surface area contributed by atoms with Crippen LogP contribution >= 0.6 is 0 Å². The van der Waals surface area contributed by atoms with Crippen molar-refractivity contribution in [2.45, 2.75) is 50.5 Å². The minimum atomic E-state index is -0.741. The molecule has 3 saturated heterocycles. The van der Waals surface area contributed by atoms with Crippen LogP contribution in [-0.4, -0.2) is 139 Å². The molecule has 0 spiro atoms. The normalized spacial score (nSPS) is 22.1. The van der Waals surface area contributed by atoms with Crippen LogP contribution in [0.2, 0.25) is 0 Å². The predicted molar refractivity (Wildman–Crippen MR) is 231 cm³/mol. The van der Waals surface area contributed by atoms with E-state index < -0.39 is 18.5 Å². The number of hydrogen-bond acceptors (Lipinski definition) is 15. The van der Waals surface area contributed by atoms with Crippen molar-refractivity contribution in [3.05, 3.63) is 66.5 Å². The summed E-state index contributed by atoms with van der Waals surface area (Å²) in [4.78, 5) is 70.4. The Labute approximate surface area is 369 Å². The highest BCUT2D eigenvalue weighted by atomic mass is 16.6. The van der Waals surface area contributed by atoms with Gasteiger partial charge in [0, 0.05) is 31.6 Å². The van der Waals surface area contributed by atoms with E-state index in [9.17, 15) is 24.0 Å². The monoisotopic (exact) mass is 877 g/mol. The quantitative estimate of drug-likeness (QED) is 0.102. The van der Waals surface area contributed by atoms with Gasteiger partial charge in [0.25, 0.3) is 0 Å². The minimum absolute atomic E-state index is 0.0154. The number of nitrogens with zero attached hydrogens (tertiary/aromatic N) is 7. The van der Waals surface area contributed by atoms with E-state index in [1.807, 2.05) is 12.1 Å². The summed E-state index contributed by atoms with van der Waals surface area (Å²) in [5.74, 6) is 0.270. The third kappa shape index (κ3) is 9.56. The molecular weight excluding hydrogens is 825 g/mol. The predicted octanol–water partition coefficient (Wildman–Crippen LogP) is 0.902. The second-order valence-electron chi connectivity index (χ2n) is 17.0. The third-order valence-electron chi connectivity index (χ3n) is 12.9. The summed E-state index contributed by atoms with van der Waals surface area (Å²) in [6.07, 6.45) is 8.29. The Hall–Kier alpha value is -6.44. The van der Waals surface area contributed by atoms with E-state index in [0.29, 0.717) is 99.9 Å². The Balaban J connectivity index is 0.779. The summed E-state index contributed by atoms with van der Waals surface area (Å²) < 4.78 is 23.9. The molecule has 19 nitrogen and oxygen atoms in total. The van der Waals surface area contributed by atoms with Gasteiger partial charge in [0.1, 0.15) is 42.9 Å². The maximum Gasteiger partial charge on any atom is 0.362 e. The van der Waals surface area contributed by atoms with Crippen LogP contribution < -0.4 is 35.2 Å². The summed E-state index contributed by atoms with van der Waals surface area (Å²) in [6.45, 7) is 5.62. The van der Waals surface area contributed by atoms with Crippen LogP contribution in [0.5, 0.6) is 11.5 Å². The Kier molecular flexibility index (Phi) is 12.8. The van der Waals surface area contributed by atoms with Crippen LogP contribution in [0.25, 0.3) is 16.9 Å². The zero-order chi connectivity index (χ0) is 44.2. The highest BCUT2D eigenvalue weighted by Gasteiger charge is 2.37. The first-order valence-electron chi connectivity index (χ1n) is 22.1. The SMILES string of the molecule is Nc1nnc(-c2ccccc2OC(=O)COC(=O)C[NH+]2CCOCC2)cc1-n1cc(N2CCN(CC3CCC(c4cccc5c4OCCN5C4CCC(=O)NC4=O)CC3)CC2=O)cn1. The van der Waals surface area contributed by atoms with E-state index in [-0.39, 0.29) is 41.9 Å². The number of nitrogen functional groups attached to an aromatic ring is 1. The number of carbonyl (C=O) groups excluding carboxylic acids is 5. The zero-order valence-electron chi connectivity index (χ0n) is 35.6. The molecule has 6 heterocycles. The summed E-state index contributed by atoms with van der Waals surface area (Å²) in [5.41, 5.74) is 10.3. The number of hydrogen-bond donors (Lipinski definition) is 3. The van der Waals surface area contributed by atoms with E-state index in [0.717, 1.165) is 55.1 Å². The molecule has 2 aromatic carbocycles. The van der Waals surface area contributed by atoms with Gasteiger partial charge in [0.15, 0.2) is 19.0 Å². The number of anilines is 3. The third-order valence-corrected chi connectivity index (χ3v) is 12.9. The van der Waals surface area contributed by atoms with Crippen molar-refractivity contribution in [1.82, 2.24) is 30.2 Å². The molecule has 4 aromatic rings. The molecule has 0 radical (unpaired) electrons. The molecule has 19 heteroatoms. The van der Waals surface area contributed by atoms with Crippen molar-refractivity contribution in [3.63, 3.8) is 0 Å². The number of fused-ring (bicyclic) bond motifs is 1. The van der Waals surface area contributed by atoms with Gasteiger partial charge in [-0.15, -0.1) is 10.2 Å². The number of benzene rings is 2. The number of piperazine rings is 1. The first-order valence-corrected chi connectivity index (χ1v) is 22.1.